The summed E-state index contributed by atoms with van der Waals surface area (Å²) in [4.78, 5) is 5.68. The van der Waals surface area contributed by atoms with Gasteiger partial charge in [-0.1, -0.05) is 24.0 Å². The van der Waals surface area contributed by atoms with Crippen LogP contribution in [0, 0.1) is 23.7 Å². The molecule has 0 radical (unpaired) electrons. The van der Waals surface area contributed by atoms with Crippen LogP contribution in [0.1, 0.15) is 25.8 Å². The number of pyridine rings is 1. The molecule has 1 aliphatic heterocycles. The molecule has 0 saturated carbocycles. The number of rotatable bonds is 5. The second-order valence-corrected chi connectivity index (χ2v) is 9.83. The number of aliphatic hydroxyl groups is 1. The summed E-state index contributed by atoms with van der Waals surface area (Å²) in [5.41, 5.74) is 2.68. The van der Waals surface area contributed by atoms with E-state index in [0.29, 0.717) is 5.69 Å². The van der Waals surface area contributed by atoms with Crippen molar-refractivity contribution in [2.75, 3.05) is 30.3 Å². The zero-order chi connectivity index (χ0) is 25.9. The summed E-state index contributed by atoms with van der Waals surface area (Å²) in [7, 11) is -3.84. The molecule has 2 heterocycles. The SMILES string of the molecule is CC#CC[C@](O)(c1ccc(N2CCN(S(=O)(=O)c3ccc(N)nc3)C[C@@H]2C#CC)cc1)C(F)(F)F. The van der Waals surface area contributed by atoms with E-state index in [2.05, 4.69) is 28.7 Å². The molecule has 0 spiro atoms. The normalized spacial score (nSPS) is 18.6. The Bertz CT molecular complexity index is 1270. The van der Waals surface area contributed by atoms with Gasteiger partial charge in [0.2, 0.25) is 10.0 Å². The van der Waals surface area contributed by atoms with Crippen LogP contribution in [0.2, 0.25) is 0 Å². The molecule has 0 aliphatic carbocycles. The van der Waals surface area contributed by atoms with Gasteiger partial charge in [0.05, 0.1) is 6.42 Å². The molecule has 7 nitrogen and oxygen atoms in total. The lowest BCUT2D eigenvalue weighted by Crippen LogP contribution is -2.54. The van der Waals surface area contributed by atoms with Gasteiger partial charge in [-0.2, -0.15) is 17.5 Å². The van der Waals surface area contributed by atoms with Crippen LogP contribution in [0.15, 0.2) is 47.5 Å². The molecule has 0 amide bonds. The quantitative estimate of drug-likeness (QED) is 0.605. The number of nitrogen functional groups attached to an aromatic ring is 1. The van der Waals surface area contributed by atoms with E-state index >= 15 is 0 Å². The van der Waals surface area contributed by atoms with Gasteiger partial charge >= 0.3 is 6.18 Å². The monoisotopic (exact) mass is 506 g/mol. The first-order valence-electron chi connectivity index (χ1n) is 10.6. The van der Waals surface area contributed by atoms with E-state index in [1.165, 1.54) is 53.8 Å². The number of nitrogens with zero attached hydrogens (tertiary/aromatic N) is 3. The molecule has 1 aromatic carbocycles. The van der Waals surface area contributed by atoms with Gasteiger partial charge in [-0.25, -0.2) is 13.4 Å². The summed E-state index contributed by atoms with van der Waals surface area (Å²) < 4.78 is 68.3. The minimum Gasteiger partial charge on any atom is -0.384 e. The lowest BCUT2D eigenvalue weighted by molar-refractivity contribution is -0.264. The van der Waals surface area contributed by atoms with Crippen molar-refractivity contribution in [3.63, 3.8) is 0 Å². The Hall–Kier alpha value is -3.25. The number of hydrogen-bond acceptors (Lipinski definition) is 6. The number of sulfonamides is 1. The molecule has 0 unspecified atom stereocenters. The average Bonchev–Trinajstić information content (AvgIpc) is 2.82. The highest BCUT2D eigenvalue weighted by atomic mass is 32.2. The van der Waals surface area contributed by atoms with E-state index in [1.807, 2.05) is 4.90 Å². The molecule has 1 fully saturated rings. The molecule has 3 N–H and O–H groups in total. The van der Waals surface area contributed by atoms with Crippen LogP contribution in [-0.2, 0) is 15.6 Å². The summed E-state index contributed by atoms with van der Waals surface area (Å²) >= 11 is 0. The third-order valence-electron chi connectivity index (χ3n) is 5.72. The Morgan fingerprint density at radius 3 is 2.34 bits per heavy atom. The largest absolute Gasteiger partial charge is 0.422 e. The summed E-state index contributed by atoms with van der Waals surface area (Å²) in [6.45, 7) is 3.46. The Morgan fingerprint density at radius 2 is 1.80 bits per heavy atom. The molecular weight excluding hydrogens is 481 g/mol. The average molecular weight is 507 g/mol. The standard InChI is InChI=1S/C24H25F3N4O3S/c1-3-5-13-23(32,24(25,26)27)18-7-9-19(10-8-18)31-15-14-30(17-20(31)6-4-2)35(33,34)21-11-12-22(28)29-16-21/h7-12,16,20,32H,13-15,17H2,1-2H3,(H2,28,29)/t20-,23-/m0/s1. The second kappa shape index (κ2) is 10.2. The molecular formula is C24H25F3N4O3S. The van der Waals surface area contributed by atoms with Gasteiger partial charge in [-0.05, 0) is 43.7 Å². The number of aromatic nitrogens is 1. The first-order valence-corrected chi connectivity index (χ1v) is 12.1. The number of alkyl halides is 3. The van der Waals surface area contributed by atoms with Crippen LogP contribution in [0.5, 0.6) is 0 Å². The van der Waals surface area contributed by atoms with E-state index in [-0.39, 0.29) is 35.9 Å². The van der Waals surface area contributed by atoms with Crippen molar-refractivity contribution in [1.29, 1.82) is 0 Å². The number of anilines is 2. The highest BCUT2D eigenvalue weighted by Crippen LogP contribution is 2.42. The van der Waals surface area contributed by atoms with Crippen LogP contribution < -0.4 is 10.6 Å². The Morgan fingerprint density at radius 1 is 1.11 bits per heavy atom. The molecule has 11 heteroatoms. The molecule has 1 aromatic heterocycles. The van der Waals surface area contributed by atoms with E-state index in [0.717, 1.165) is 0 Å². The van der Waals surface area contributed by atoms with E-state index < -0.39 is 34.3 Å². The van der Waals surface area contributed by atoms with Gasteiger partial charge < -0.3 is 15.7 Å². The van der Waals surface area contributed by atoms with Gasteiger partial charge in [0, 0.05) is 31.5 Å². The van der Waals surface area contributed by atoms with Gasteiger partial charge in [0.1, 0.15) is 16.8 Å². The number of hydrogen-bond donors (Lipinski definition) is 2. The highest BCUT2D eigenvalue weighted by molar-refractivity contribution is 7.89. The molecule has 35 heavy (non-hydrogen) atoms. The van der Waals surface area contributed by atoms with Crippen LogP contribution in [0.3, 0.4) is 0 Å². The summed E-state index contributed by atoms with van der Waals surface area (Å²) in [5, 5.41) is 10.4. The Labute approximate surface area is 202 Å². The van der Waals surface area contributed by atoms with Crippen molar-refractivity contribution in [3.8, 4) is 23.7 Å². The lowest BCUT2D eigenvalue weighted by atomic mass is 9.89. The fourth-order valence-corrected chi connectivity index (χ4v) is 5.16. The van der Waals surface area contributed by atoms with Crippen LogP contribution in [0.4, 0.5) is 24.7 Å². The molecule has 3 rings (SSSR count). The molecule has 1 aliphatic rings. The predicted octanol–water partition coefficient (Wildman–Crippen LogP) is 2.73. The van der Waals surface area contributed by atoms with Crippen molar-refractivity contribution in [3.05, 3.63) is 48.2 Å². The zero-order valence-electron chi connectivity index (χ0n) is 19.2. The first-order chi connectivity index (χ1) is 16.4. The topological polar surface area (TPSA) is 99.8 Å². The first kappa shape index (κ1) is 26.4. The van der Waals surface area contributed by atoms with Gasteiger partial charge in [-0.15, -0.1) is 11.8 Å². The number of halogens is 3. The third kappa shape index (κ3) is 5.38. The Kier molecular flexibility index (Phi) is 7.65. The molecule has 186 valence electrons. The summed E-state index contributed by atoms with van der Waals surface area (Å²) in [5.74, 6) is 10.7. The number of piperazine rings is 1. The smallest absolute Gasteiger partial charge is 0.384 e. The van der Waals surface area contributed by atoms with E-state index in [9.17, 15) is 26.7 Å². The number of benzene rings is 1. The van der Waals surface area contributed by atoms with Crippen LogP contribution in [0.25, 0.3) is 0 Å². The van der Waals surface area contributed by atoms with Crippen molar-refractivity contribution in [2.45, 2.75) is 43.0 Å². The summed E-state index contributed by atoms with van der Waals surface area (Å²) in [6.07, 6.45) is -4.50. The van der Waals surface area contributed by atoms with Crippen molar-refractivity contribution in [1.82, 2.24) is 9.29 Å². The van der Waals surface area contributed by atoms with Gasteiger partial charge in [0.15, 0.2) is 5.60 Å². The van der Waals surface area contributed by atoms with Crippen molar-refractivity contribution < 1.29 is 26.7 Å². The minimum absolute atomic E-state index is 0.00863. The van der Waals surface area contributed by atoms with Crippen molar-refractivity contribution in [2.24, 2.45) is 0 Å². The maximum atomic E-state index is 13.6. The minimum atomic E-state index is -4.91. The fraction of sp³-hybridized carbons (Fsp3) is 0.375. The Balaban J connectivity index is 1.87. The lowest BCUT2D eigenvalue weighted by Gasteiger charge is -2.40. The maximum Gasteiger partial charge on any atom is 0.422 e. The molecule has 2 atom stereocenters. The number of nitrogens with two attached hydrogens (primary N) is 1. The maximum absolute atomic E-state index is 13.6. The highest BCUT2D eigenvalue weighted by Gasteiger charge is 2.54. The van der Waals surface area contributed by atoms with Gasteiger partial charge in [0.25, 0.3) is 0 Å². The van der Waals surface area contributed by atoms with E-state index in [1.54, 1.807) is 6.92 Å². The van der Waals surface area contributed by atoms with Crippen LogP contribution in [-0.4, -0.2) is 54.7 Å². The third-order valence-corrected chi connectivity index (χ3v) is 7.57. The molecule has 0 bridgehead atoms. The van der Waals surface area contributed by atoms with E-state index in [4.69, 9.17) is 5.73 Å². The van der Waals surface area contributed by atoms with Crippen molar-refractivity contribution >= 4 is 21.5 Å². The predicted molar refractivity (Wildman–Crippen MR) is 126 cm³/mol. The van der Waals surface area contributed by atoms with Gasteiger partial charge in [-0.3, -0.25) is 0 Å². The zero-order valence-corrected chi connectivity index (χ0v) is 20.0. The summed E-state index contributed by atoms with van der Waals surface area (Å²) in [6, 6.07) is 7.59. The molecule has 2 aromatic rings. The van der Waals surface area contributed by atoms with Crippen LogP contribution >= 0.6 is 0 Å². The second-order valence-electron chi connectivity index (χ2n) is 7.89. The fourth-order valence-electron chi connectivity index (χ4n) is 3.78. The molecule has 1 saturated heterocycles.